The third kappa shape index (κ3) is 3.64. The van der Waals surface area contributed by atoms with Crippen LogP contribution in [0.25, 0.3) is 0 Å². The Labute approximate surface area is 121 Å². The molecule has 0 amide bonds. The van der Waals surface area contributed by atoms with Gasteiger partial charge in [-0.05, 0) is 55.8 Å². The Kier molecular flexibility index (Phi) is 5.24. The number of nitrogens with zero attached hydrogens (tertiary/aromatic N) is 1. The molecule has 108 valence electrons. The summed E-state index contributed by atoms with van der Waals surface area (Å²) in [6, 6.07) is 10.6. The molecular formula is C17H24N2O. The van der Waals surface area contributed by atoms with Gasteiger partial charge in [-0.2, -0.15) is 0 Å². The fraction of sp³-hybridized carbons (Fsp3) is 0.412. The molecule has 0 atom stereocenters. The van der Waals surface area contributed by atoms with Crippen molar-refractivity contribution < 1.29 is 4.42 Å². The van der Waals surface area contributed by atoms with E-state index in [0.717, 1.165) is 31.9 Å². The van der Waals surface area contributed by atoms with Gasteiger partial charge < -0.3 is 14.6 Å². The zero-order valence-electron chi connectivity index (χ0n) is 12.6. The number of aryl methyl sites for hydroxylation is 1. The first-order valence-corrected chi connectivity index (χ1v) is 7.32. The molecule has 3 nitrogen and oxygen atoms in total. The molecule has 2 rings (SSSR count). The smallest absolute Gasteiger partial charge is 0.123 e. The Hall–Kier alpha value is -1.74. The molecular weight excluding hydrogens is 248 g/mol. The summed E-state index contributed by atoms with van der Waals surface area (Å²) in [4.78, 5) is 2.32. The number of benzene rings is 1. The maximum absolute atomic E-state index is 5.44. The van der Waals surface area contributed by atoms with Crippen LogP contribution in [0, 0.1) is 6.92 Å². The molecule has 1 aromatic heterocycles. The molecule has 0 bridgehead atoms. The molecule has 0 saturated carbocycles. The highest BCUT2D eigenvalue weighted by Crippen LogP contribution is 2.21. The molecule has 0 radical (unpaired) electrons. The van der Waals surface area contributed by atoms with Gasteiger partial charge in [-0.3, -0.25) is 0 Å². The lowest BCUT2D eigenvalue weighted by Crippen LogP contribution is -2.22. The van der Waals surface area contributed by atoms with Gasteiger partial charge in [-0.15, -0.1) is 0 Å². The van der Waals surface area contributed by atoms with Crippen LogP contribution in [0.15, 0.2) is 41.0 Å². The maximum atomic E-state index is 5.44. The van der Waals surface area contributed by atoms with E-state index in [4.69, 9.17) is 4.42 Å². The Bertz CT molecular complexity index is 520. The summed E-state index contributed by atoms with van der Waals surface area (Å²) in [5.41, 5.74) is 3.95. The van der Waals surface area contributed by atoms with E-state index in [1.807, 2.05) is 12.1 Å². The normalized spacial score (nSPS) is 10.8. The van der Waals surface area contributed by atoms with Gasteiger partial charge in [-0.25, -0.2) is 0 Å². The van der Waals surface area contributed by atoms with Crippen LogP contribution >= 0.6 is 0 Å². The average molecular weight is 272 g/mol. The van der Waals surface area contributed by atoms with Crippen molar-refractivity contribution >= 4 is 5.69 Å². The Balaban J connectivity index is 2.11. The van der Waals surface area contributed by atoms with Crippen LogP contribution in [0.3, 0.4) is 0 Å². The van der Waals surface area contributed by atoms with Gasteiger partial charge in [0, 0.05) is 18.8 Å². The topological polar surface area (TPSA) is 28.4 Å². The maximum Gasteiger partial charge on any atom is 0.123 e. The van der Waals surface area contributed by atoms with E-state index in [0.29, 0.717) is 0 Å². The van der Waals surface area contributed by atoms with Crippen molar-refractivity contribution in [2.75, 3.05) is 18.0 Å². The van der Waals surface area contributed by atoms with Crippen LogP contribution in [-0.2, 0) is 13.1 Å². The van der Waals surface area contributed by atoms with E-state index in [2.05, 4.69) is 49.2 Å². The second-order valence-corrected chi connectivity index (χ2v) is 4.98. The summed E-state index contributed by atoms with van der Waals surface area (Å²) in [6.07, 6.45) is 1.73. The van der Waals surface area contributed by atoms with Gasteiger partial charge in [-0.1, -0.05) is 13.0 Å². The minimum Gasteiger partial charge on any atom is -0.467 e. The van der Waals surface area contributed by atoms with Crippen LogP contribution in [0.1, 0.15) is 30.7 Å². The zero-order chi connectivity index (χ0) is 14.4. The first-order valence-electron chi connectivity index (χ1n) is 7.32. The van der Waals surface area contributed by atoms with Crippen LogP contribution in [-0.4, -0.2) is 13.1 Å². The van der Waals surface area contributed by atoms with Crippen LogP contribution in [0.2, 0.25) is 0 Å². The highest BCUT2D eigenvalue weighted by Gasteiger charge is 2.08. The summed E-state index contributed by atoms with van der Waals surface area (Å²) in [5.74, 6) is 1.00. The van der Waals surface area contributed by atoms with Crippen molar-refractivity contribution in [2.45, 2.75) is 33.9 Å². The van der Waals surface area contributed by atoms with Crippen molar-refractivity contribution in [3.05, 3.63) is 53.5 Å². The Morgan fingerprint density at radius 2 is 2.05 bits per heavy atom. The van der Waals surface area contributed by atoms with E-state index >= 15 is 0 Å². The van der Waals surface area contributed by atoms with Crippen molar-refractivity contribution in [2.24, 2.45) is 0 Å². The number of hydrogen-bond acceptors (Lipinski definition) is 3. The van der Waals surface area contributed by atoms with Gasteiger partial charge >= 0.3 is 0 Å². The van der Waals surface area contributed by atoms with Crippen molar-refractivity contribution in [1.29, 1.82) is 0 Å². The number of anilines is 1. The lowest BCUT2D eigenvalue weighted by Gasteiger charge is -2.23. The Morgan fingerprint density at radius 1 is 1.20 bits per heavy atom. The number of furan rings is 1. The molecule has 3 heteroatoms. The molecule has 0 unspecified atom stereocenters. The molecule has 0 fully saturated rings. The van der Waals surface area contributed by atoms with E-state index in [1.165, 1.54) is 16.8 Å². The summed E-state index contributed by atoms with van der Waals surface area (Å²) in [5, 5.41) is 3.38. The van der Waals surface area contributed by atoms with E-state index in [9.17, 15) is 0 Å². The molecule has 0 saturated heterocycles. The number of nitrogens with one attached hydrogen (secondary N) is 1. The third-order valence-corrected chi connectivity index (χ3v) is 3.57. The molecule has 1 N–H and O–H groups in total. The molecule has 1 aromatic carbocycles. The molecule has 2 aromatic rings. The molecule has 0 aliphatic heterocycles. The van der Waals surface area contributed by atoms with E-state index < -0.39 is 0 Å². The zero-order valence-corrected chi connectivity index (χ0v) is 12.6. The molecule has 0 spiro atoms. The van der Waals surface area contributed by atoms with Crippen molar-refractivity contribution in [1.82, 2.24) is 5.32 Å². The van der Waals surface area contributed by atoms with Gasteiger partial charge in [0.15, 0.2) is 0 Å². The molecule has 1 heterocycles. The van der Waals surface area contributed by atoms with Gasteiger partial charge in [0.2, 0.25) is 0 Å². The van der Waals surface area contributed by atoms with Gasteiger partial charge in [0.25, 0.3) is 0 Å². The highest BCUT2D eigenvalue weighted by atomic mass is 16.3. The molecule has 0 aliphatic rings. The SMILES string of the molecule is CCNCc1ccc(N(CC)Cc2ccco2)cc1C. The summed E-state index contributed by atoms with van der Waals surface area (Å²) in [6.45, 7) is 10.2. The van der Waals surface area contributed by atoms with Crippen LogP contribution in [0.5, 0.6) is 0 Å². The molecule has 0 aliphatic carbocycles. The van der Waals surface area contributed by atoms with E-state index in [-0.39, 0.29) is 0 Å². The standard InChI is InChI=1S/C17H24N2O/c1-4-18-12-15-8-9-16(11-14(15)3)19(5-2)13-17-7-6-10-20-17/h6-11,18H,4-5,12-13H2,1-3H3. The first-order chi connectivity index (χ1) is 9.74. The minimum atomic E-state index is 0.815. The Morgan fingerprint density at radius 3 is 2.65 bits per heavy atom. The summed E-state index contributed by atoms with van der Waals surface area (Å²) in [7, 11) is 0. The van der Waals surface area contributed by atoms with Crippen molar-refractivity contribution in [3.63, 3.8) is 0 Å². The second-order valence-electron chi connectivity index (χ2n) is 4.98. The summed E-state index contributed by atoms with van der Waals surface area (Å²) >= 11 is 0. The highest BCUT2D eigenvalue weighted by molar-refractivity contribution is 5.51. The lowest BCUT2D eigenvalue weighted by atomic mass is 10.1. The average Bonchev–Trinajstić information content (AvgIpc) is 2.96. The minimum absolute atomic E-state index is 0.815. The fourth-order valence-corrected chi connectivity index (χ4v) is 2.31. The predicted octanol–water partition coefficient (Wildman–Crippen LogP) is 3.72. The number of hydrogen-bond donors (Lipinski definition) is 1. The van der Waals surface area contributed by atoms with Gasteiger partial charge in [0.05, 0.1) is 12.8 Å². The largest absolute Gasteiger partial charge is 0.467 e. The molecule has 20 heavy (non-hydrogen) atoms. The number of rotatable bonds is 7. The van der Waals surface area contributed by atoms with Crippen LogP contribution < -0.4 is 10.2 Å². The quantitative estimate of drug-likeness (QED) is 0.832. The second kappa shape index (κ2) is 7.15. The predicted molar refractivity (Wildman–Crippen MR) is 84.0 cm³/mol. The summed E-state index contributed by atoms with van der Waals surface area (Å²) < 4.78 is 5.44. The first kappa shape index (κ1) is 14.7. The van der Waals surface area contributed by atoms with Gasteiger partial charge in [0.1, 0.15) is 5.76 Å². The monoisotopic (exact) mass is 272 g/mol. The lowest BCUT2D eigenvalue weighted by molar-refractivity contribution is 0.503. The van der Waals surface area contributed by atoms with Crippen molar-refractivity contribution in [3.8, 4) is 0 Å². The fourth-order valence-electron chi connectivity index (χ4n) is 2.31. The van der Waals surface area contributed by atoms with E-state index in [1.54, 1.807) is 6.26 Å². The van der Waals surface area contributed by atoms with Crippen LogP contribution in [0.4, 0.5) is 5.69 Å². The third-order valence-electron chi connectivity index (χ3n) is 3.57.